The van der Waals surface area contributed by atoms with Crippen molar-refractivity contribution in [1.29, 1.82) is 0 Å². The van der Waals surface area contributed by atoms with E-state index < -0.39 is 0 Å². The van der Waals surface area contributed by atoms with Gasteiger partial charge < -0.3 is 9.47 Å². The monoisotopic (exact) mass is 177 g/mol. The fourth-order valence-electron chi connectivity index (χ4n) is 1.01. The van der Waals surface area contributed by atoms with Crippen LogP contribution in [0.4, 0.5) is 0 Å². The fraction of sp³-hybridized carbons (Fsp3) is 1.00. The molecule has 0 radical (unpaired) electrons. The Balaban J connectivity index is 3.94. The van der Waals surface area contributed by atoms with Gasteiger partial charge in [0.1, 0.15) is 12.5 Å². The molecular formula is C8H19NO3. The highest BCUT2D eigenvalue weighted by atomic mass is 16.7. The van der Waals surface area contributed by atoms with Gasteiger partial charge in [-0.3, -0.25) is 4.84 Å². The molecule has 0 aliphatic carbocycles. The second-order valence-corrected chi connectivity index (χ2v) is 2.43. The molecule has 0 aromatic heterocycles. The van der Waals surface area contributed by atoms with E-state index in [0.717, 1.165) is 0 Å². The van der Waals surface area contributed by atoms with Crippen LogP contribution in [0.25, 0.3) is 0 Å². The van der Waals surface area contributed by atoms with Gasteiger partial charge in [-0.15, -0.1) is 5.06 Å². The zero-order valence-corrected chi connectivity index (χ0v) is 8.53. The third kappa shape index (κ3) is 3.49. The van der Waals surface area contributed by atoms with E-state index >= 15 is 0 Å². The lowest BCUT2D eigenvalue weighted by molar-refractivity contribution is -0.293. The summed E-state index contributed by atoms with van der Waals surface area (Å²) in [6.45, 7) is 6.43. The second kappa shape index (κ2) is 6.37. The first-order valence-corrected chi connectivity index (χ1v) is 4.14. The quantitative estimate of drug-likeness (QED) is 0.451. The molecular weight excluding hydrogens is 158 g/mol. The van der Waals surface area contributed by atoms with Crippen LogP contribution in [0.2, 0.25) is 0 Å². The van der Waals surface area contributed by atoms with Crippen LogP contribution in [0.15, 0.2) is 0 Å². The van der Waals surface area contributed by atoms with E-state index in [1.54, 1.807) is 19.3 Å². The number of ether oxygens (including phenoxy) is 2. The van der Waals surface area contributed by atoms with E-state index in [1.807, 2.05) is 20.8 Å². The Morgan fingerprint density at radius 1 is 1.17 bits per heavy atom. The lowest BCUT2D eigenvalue weighted by atomic mass is 10.5. The van der Waals surface area contributed by atoms with Crippen LogP contribution in [0.5, 0.6) is 0 Å². The summed E-state index contributed by atoms with van der Waals surface area (Å²) >= 11 is 0. The third-order valence-corrected chi connectivity index (χ3v) is 1.68. The molecule has 0 aliphatic rings. The Kier molecular flexibility index (Phi) is 6.28. The maximum Gasteiger partial charge on any atom is 0.133 e. The highest BCUT2D eigenvalue weighted by Crippen LogP contribution is 2.06. The number of hydroxylamine groups is 2. The van der Waals surface area contributed by atoms with Crippen LogP contribution in [-0.2, 0) is 14.3 Å². The molecule has 0 fully saturated rings. The Morgan fingerprint density at radius 2 is 1.75 bits per heavy atom. The van der Waals surface area contributed by atoms with Gasteiger partial charge in [0.15, 0.2) is 0 Å². The molecule has 0 rings (SSSR count). The van der Waals surface area contributed by atoms with Gasteiger partial charge in [0, 0.05) is 13.7 Å². The molecule has 0 N–H and O–H groups in total. The number of rotatable bonds is 6. The molecule has 0 bridgehead atoms. The van der Waals surface area contributed by atoms with Crippen LogP contribution >= 0.6 is 0 Å². The standard InChI is InChI=1S/C8H19NO3/c1-6-12-8(3)9(11-5)7(2)10-4/h7-8H,6H2,1-5H3. The minimum atomic E-state index is -0.100. The van der Waals surface area contributed by atoms with Crippen LogP contribution in [0.3, 0.4) is 0 Å². The van der Waals surface area contributed by atoms with Crippen molar-refractivity contribution >= 4 is 0 Å². The summed E-state index contributed by atoms with van der Waals surface area (Å²) in [5.74, 6) is 0. The van der Waals surface area contributed by atoms with Crippen molar-refractivity contribution in [2.45, 2.75) is 33.2 Å². The molecule has 0 amide bonds. The van der Waals surface area contributed by atoms with Crippen molar-refractivity contribution in [3.05, 3.63) is 0 Å². The summed E-state index contributed by atoms with van der Waals surface area (Å²) < 4.78 is 10.4. The maximum absolute atomic E-state index is 5.34. The van der Waals surface area contributed by atoms with Gasteiger partial charge >= 0.3 is 0 Å². The molecule has 0 heterocycles. The van der Waals surface area contributed by atoms with Crippen molar-refractivity contribution in [3.63, 3.8) is 0 Å². The Labute approximate surface area is 74.3 Å². The van der Waals surface area contributed by atoms with Crippen LogP contribution in [0.1, 0.15) is 20.8 Å². The first kappa shape index (κ1) is 11.8. The van der Waals surface area contributed by atoms with Gasteiger partial charge in [-0.2, -0.15) is 0 Å². The van der Waals surface area contributed by atoms with Gasteiger partial charge in [-0.1, -0.05) is 0 Å². The SMILES string of the molecule is CCOC(C)N(OC)C(C)OC. The zero-order chi connectivity index (χ0) is 9.56. The highest BCUT2D eigenvalue weighted by Gasteiger charge is 2.19. The Bertz CT molecular complexity index is 110. The van der Waals surface area contributed by atoms with Gasteiger partial charge in [0.05, 0.1) is 7.11 Å². The molecule has 4 heteroatoms. The van der Waals surface area contributed by atoms with Crippen molar-refractivity contribution in [2.24, 2.45) is 0 Å². The molecule has 74 valence electrons. The van der Waals surface area contributed by atoms with Crippen molar-refractivity contribution < 1.29 is 14.3 Å². The van der Waals surface area contributed by atoms with Gasteiger partial charge in [0.25, 0.3) is 0 Å². The van der Waals surface area contributed by atoms with Gasteiger partial charge in [-0.25, -0.2) is 0 Å². The van der Waals surface area contributed by atoms with E-state index in [2.05, 4.69) is 0 Å². The summed E-state index contributed by atoms with van der Waals surface area (Å²) in [5.41, 5.74) is 0. The van der Waals surface area contributed by atoms with Crippen molar-refractivity contribution in [2.75, 3.05) is 20.8 Å². The summed E-state index contributed by atoms with van der Waals surface area (Å²) in [7, 11) is 3.24. The molecule has 0 saturated carbocycles. The van der Waals surface area contributed by atoms with E-state index in [9.17, 15) is 0 Å². The van der Waals surface area contributed by atoms with Crippen LogP contribution in [0, 0.1) is 0 Å². The average molecular weight is 177 g/mol. The topological polar surface area (TPSA) is 30.9 Å². The van der Waals surface area contributed by atoms with E-state index in [0.29, 0.717) is 6.61 Å². The highest BCUT2D eigenvalue weighted by molar-refractivity contribution is 4.49. The van der Waals surface area contributed by atoms with E-state index in [4.69, 9.17) is 14.3 Å². The summed E-state index contributed by atoms with van der Waals surface area (Å²) in [5, 5.41) is 1.66. The van der Waals surface area contributed by atoms with Crippen molar-refractivity contribution in [3.8, 4) is 0 Å². The summed E-state index contributed by atoms with van der Waals surface area (Å²) in [4.78, 5) is 5.10. The molecule has 2 atom stereocenters. The lowest BCUT2D eigenvalue weighted by Crippen LogP contribution is -2.41. The first-order valence-electron chi connectivity index (χ1n) is 4.14. The fourth-order valence-corrected chi connectivity index (χ4v) is 1.01. The predicted octanol–water partition coefficient (Wildman–Crippen LogP) is 1.22. The number of methoxy groups -OCH3 is 1. The Morgan fingerprint density at radius 3 is 2.08 bits per heavy atom. The van der Waals surface area contributed by atoms with Crippen LogP contribution < -0.4 is 0 Å². The molecule has 4 nitrogen and oxygen atoms in total. The van der Waals surface area contributed by atoms with Crippen molar-refractivity contribution in [1.82, 2.24) is 5.06 Å². The predicted molar refractivity (Wildman–Crippen MR) is 46.4 cm³/mol. The largest absolute Gasteiger partial charge is 0.364 e. The van der Waals surface area contributed by atoms with E-state index in [1.165, 1.54) is 0 Å². The summed E-state index contributed by atoms with van der Waals surface area (Å²) in [6.07, 6.45) is -0.188. The molecule has 0 aliphatic heterocycles. The zero-order valence-electron chi connectivity index (χ0n) is 8.53. The number of hydrogen-bond acceptors (Lipinski definition) is 4. The normalized spacial score (nSPS) is 16.5. The minimum absolute atomic E-state index is 0.0880. The molecule has 2 unspecified atom stereocenters. The first-order chi connectivity index (χ1) is 5.67. The molecule has 0 spiro atoms. The smallest absolute Gasteiger partial charge is 0.133 e. The molecule has 0 aromatic rings. The molecule has 0 aromatic carbocycles. The number of nitrogens with zero attached hydrogens (tertiary/aromatic N) is 1. The lowest BCUT2D eigenvalue weighted by Gasteiger charge is -2.30. The molecule has 0 saturated heterocycles. The second-order valence-electron chi connectivity index (χ2n) is 2.43. The third-order valence-electron chi connectivity index (χ3n) is 1.68. The van der Waals surface area contributed by atoms with Crippen LogP contribution in [-0.4, -0.2) is 38.3 Å². The van der Waals surface area contributed by atoms with Gasteiger partial charge in [-0.05, 0) is 20.8 Å². The Hall–Kier alpha value is -0.160. The summed E-state index contributed by atoms with van der Waals surface area (Å²) in [6, 6.07) is 0. The molecule has 12 heavy (non-hydrogen) atoms. The maximum atomic E-state index is 5.34. The van der Waals surface area contributed by atoms with E-state index in [-0.39, 0.29) is 12.5 Å². The minimum Gasteiger partial charge on any atom is -0.364 e. The number of hydrogen-bond donors (Lipinski definition) is 0. The average Bonchev–Trinajstić information content (AvgIpc) is 2.06. The van der Waals surface area contributed by atoms with Gasteiger partial charge in [0.2, 0.25) is 0 Å².